The van der Waals surface area contributed by atoms with Gasteiger partial charge in [0.25, 0.3) is 0 Å². The molecule has 0 bridgehead atoms. The molecule has 0 amide bonds. The second-order valence-corrected chi connectivity index (χ2v) is 13.0. The Morgan fingerprint density at radius 2 is 1.31 bits per heavy atom. The van der Waals surface area contributed by atoms with Crippen LogP contribution in [0.5, 0.6) is 0 Å². The lowest BCUT2D eigenvalue weighted by Crippen LogP contribution is -2.49. The van der Waals surface area contributed by atoms with E-state index in [0.29, 0.717) is 0 Å². The van der Waals surface area contributed by atoms with Crippen molar-refractivity contribution in [2.75, 3.05) is 0 Å². The number of aryl methyl sites for hydroxylation is 1. The van der Waals surface area contributed by atoms with Crippen LogP contribution in [0.15, 0.2) is 84.9 Å². The molecule has 0 radical (unpaired) electrons. The zero-order valence-electron chi connectivity index (χ0n) is 17.0. The molecule has 1 nitrogen and oxygen atoms in total. The maximum Gasteiger partial charge on any atom is 0.113 e. The Hall–Kier alpha value is -3.10. The molecule has 2 heterocycles. The summed E-state index contributed by atoms with van der Waals surface area (Å²) in [6, 6.07) is 31.6. The maximum atomic E-state index is 2.49. The van der Waals surface area contributed by atoms with Crippen LogP contribution in [0.1, 0.15) is 0 Å². The minimum Gasteiger partial charge on any atom is -0.344 e. The Morgan fingerprint density at radius 1 is 0.621 bits per heavy atom. The first-order chi connectivity index (χ1) is 14.1. The molecule has 0 atom stereocenters. The third-order valence-electron chi connectivity index (χ3n) is 6.83. The van der Waals surface area contributed by atoms with Crippen LogP contribution >= 0.6 is 0 Å². The molecule has 2 heteroatoms. The average Bonchev–Trinajstić information content (AvgIpc) is 3.18. The Bertz CT molecular complexity index is 1440. The minimum atomic E-state index is -1.67. The van der Waals surface area contributed by atoms with Crippen molar-refractivity contribution >= 4 is 40.3 Å². The molecule has 0 spiro atoms. The van der Waals surface area contributed by atoms with Gasteiger partial charge in [-0.15, -0.1) is 0 Å². The summed E-state index contributed by atoms with van der Waals surface area (Å²) in [6.07, 6.45) is 0. The van der Waals surface area contributed by atoms with Crippen molar-refractivity contribution in [2.45, 2.75) is 13.1 Å². The number of aromatic nitrogens is 1. The Kier molecular flexibility index (Phi) is 3.31. The topological polar surface area (TPSA) is 4.93 Å². The summed E-state index contributed by atoms with van der Waals surface area (Å²) < 4.78 is 2.32. The van der Waals surface area contributed by atoms with Crippen molar-refractivity contribution < 1.29 is 0 Å². The van der Waals surface area contributed by atoms with Gasteiger partial charge in [0, 0.05) is 28.9 Å². The van der Waals surface area contributed by atoms with Crippen LogP contribution in [0.3, 0.4) is 0 Å². The average molecular weight is 390 g/mol. The highest BCUT2D eigenvalue weighted by Gasteiger charge is 2.37. The van der Waals surface area contributed by atoms with Crippen molar-refractivity contribution in [1.82, 2.24) is 4.57 Å². The fraction of sp³-hybridized carbons (Fsp3) is 0.111. The van der Waals surface area contributed by atoms with Gasteiger partial charge in [-0.25, -0.2) is 0 Å². The summed E-state index contributed by atoms with van der Waals surface area (Å²) in [7, 11) is 0.504. The first-order valence-corrected chi connectivity index (χ1v) is 13.3. The predicted octanol–water partition coefficient (Wildman–Crippen LogP) is 5.80. The van der Waals surface area contributed by atoms with Crippen molar-refractivity contribution in [3.8, 4) is 22.3 Å². The highest BCUT2D eigenvalue weighted by molar-refractivity contribution is 7.03. The fourth-order valence-corrected chi connectivity index (χ4v) is 8.42. The lowest BCUT2D eigenvalue weighted by Gasteiger charge is -2.19. The summed E-state index contributed by atoms with van der Waals surface area (Å²) in [5.74, 6) is 0. The zero-order chi connectivity index (χ0) is 19.8. The van der Waals surface area contributed by atoms with Crippen LogP contribution in [-0.4, -0.2) is 12.6 Å². The Morgan fingerprint density at radius 3 is 2.21 bits per heavy atom. The summed E-state index contributed by atoms with van der Waals surface area (Å²) in [5, 5.41) is 5.82. The second-order valence-electron chi connectivity index (χ2n) is 8.71. The fourth-order valence-electron chi connectivity index (χ4n) is 5.32. The molecule has 0 N–H and O–H groups in total. The number of fused-ring (bicyclic) bond motifs is 6. The molecule has 29 heavy (non-hydrogen) atoms. The first-order valence-electron chi connectivity index (χ1n) is 10.3. The number of hydrogen-bond donors (Lipinski definition) is 0. The van der Waals surface area contributed by atoms with E-state index in [1.54, 1.807) is 10.4 Å². The molecular formula is C27H23NSi. The molecule has 5 aromatic rings. The van der Waals surface area contributed by atoms with Gasteiger partial charge in [0.15, 0.2) is 0 Å². The normalized spacial score (nSPS) is 14.3. The van der Waals surface area contributed by atoms with Crippen molar-refractivity contribution in [1.29, 1.82) is 0 Å². The highest BCUT2D eigenvalue weighted by Crippen LogP contribution is 2.37. The molecular weight excluding hydrogens is 366 g/mol. The lowest BCUT2D eigenvalue weighted by molar-refractivity contribution is 1.01. The maximum absolute atomic E-state index is 2.49. The number of para-hydroxylation sites is 1. The molecule has 0 fully saturated rings. The van der Waals surface area contributed by atoms with E-state index >= 15 is 0 Å². The molecule has 0 unspecified atom stereocenters. The number of benzene rings is 4. The minimum absolute atomic E-state index is 1.29. The second kappa shape index (κ2) is 5.71. The lowest BCUT2D eigenvalue weighted by atomic mass is 9.97. The van der Waals surface area contributed by atoms with E-state index in [9.17, 15) is 0 Å². The van der Waals surface area contributed by atoms with Crippen molar-refractivity contribution in [3.63, 3.8) is 0 Å². The van der Waals surface area contributed by atoms with Gasteiger partial charge in [0.2, 0.25) is 0 Å². The van der Waals surface area contributed by atoms with Gasteiger partial charge < -0.3 is 4.57 Å². The molecule has 1 aliphatic rings. The van der Waals surface area contributed by atoms with Crippen molar-refractivity contribution in [3.05, 3.63) is 84.9 Å². The number of nitrogens with zero attached hydrogens (tertiary/aromatic N) is 1. The van der Waals surface area contributed by atoms with Crippen LogP contribution in [0.2, 0.25) is 13.1 Å². The zero-order valence-corrected chi connectivity index (χ0v) is 18.0. The predicted molar refractivity (Wildman–Crippen MR) is 128 cm³/mol. The van der Waals surface area contributed by atoms with Crippen LogP contribution < -0.4 is 10.4 Å². The van der Waals surface area contributed by atoms with Crippen LogP contribution in [0.25, 0.3) is 44.1 Å². The number of hydrogen-bond acceptors (Lipinski definition) is 0. The summed E-state index contributed by atoms with van der Waals surface area (Å²) in [4.78, 5) is 0. The van der Waals surface area contributed by atoms with Gasteiger partial charge in [0.1, 0.15) is 8.07 Å². The van der Waals surface area contributed by atoms with Crippen molar-refractivity contribution in [2.24, 2.45) is 7.05 Å². The van der Waals surface area contributed by atoms with Gasteiger partial charge in [-0.3, -0.25) is 0 Å². The van der Waals surface area contributed by atoms with Gasteiger partial charge in [-0.05, 0) is 44.8 Å². The van der Waals surface area contributed by atoms with E-state index in [2.05, 4.69) is 110 Å². The van der Waals surface area contributed by atoms with Gasteiger partial charge in [-0.1, -0.05) is 85.9 Å². The summed E-state index contributed by atoms with van der Waals surface area (Å²) in [6.45, 7) is 4.97. The third kappa shape index (κ3) is 2.15. The molecule has 0 saturated carbocycles. The molecule has 0 aliphatic carbocycles. The quantitative estimate of drug-likeness (QED) is 0.319. The largest absolute Gasteiger partial charge is 0.344 e. The van der Waals surface area contributed by atoms with Gasteiger partial charge >= 0.3 is 0 Å². The SMILES string of the molecule is Cn1c2ccccc2c2c(-c3ccc4c(c3)[Si](C)(C)c3ccccc3-4)cccc21. The van der Waals surface area contributed by atoms with E-state index in [-0.39, 0.29) is 0 Å². The summed E-state index contributed by atoms with van der Waals surface area (Å²) in [5.41, 5.74) is 8.13. The van der Waals surface area contributed by atoms with E-state index in [4.69, 9.17) is 0 Å². The molecule has 0 saturated heterocycles. The number of rotatable bonds is 1. The molecule has 6 rings (SSSR count). The van der Waals surface area contributed by atoms with Crippen LogP contribution in [-0.2, 0) is 7.05 Å². The van der Waals surface area contributed by atoms with Gasteiger partial charge in [0.05, 0.1) is 0 Å². The Balaban J connectivity index is 1.65. The van der Waals surface area contributed by atoms with E-state index in [1.807, 2.05) is 0 Å². The highest BCUT2D eigenvalue weighted by atomic mass is 28.3. The molecule has 140 valence electrons. The smallest absolute Gasteiger partial charge is 0.113 e. The van der Waals surface area contributed by atoms with Crippen LogP contribution in [0, 0.1) is 0 Å². The first kappa shape index (κ1) is 16.8. The Labute approximate surface area is 172 Å². The van der Waals surface area contributed by atoms with Gasteiger partial charge in [-0.2, -0.15) is 0 Å². The standard InChI is InChI=1S/C27H23NSi/c1-28-23-12-6-4-10-22(23)27-19(11-8-13-24(27)28)18-15-16-21-20-9-5-7-14-25(20)29(2,3)26(21)17-18/h4-17H,1-3H3. The van der Waals surface area contributed by atoms with Crippen LogP contribution in [0.4, 0.5) is 0 Å². The third-order valence-corrected chi connectivity index (χ3v) is 10.4. The molecule has 4 aromatic carbocycles. The molecule has 1 aliphatic heterocycles. The monoisotopic (exact) mass is 389 g/mol. The van der Waals surface area contributed by atoms with E-state index in [0.717, 1.165) is 0 Å². The van der Waals surface area contributed by atoms with E-state index < -0.39 is 8.07 Å². The molecule has 1 aromatic heterocycles. The van der Waals surface area contributed by atoms with E-state index in [1.165, 1.54) is 44.1 Å². The summed E-state index contributed by atoms with van der Waals surface area (Å²) >= 11 is 0.